The zero-order valence-corrected chi connectivity index (χ0v) is 14.6. The Morgan fingerprint density at radius 1 is 1.08 bits per heavy atom. The molecule has 0 fully saturated rings. The molecule has 5 nitrogen and oxygen atoms in total. The summed E-state index contributed by atoms with van der Waals surface area (Å²) in [7, 11) is 1.54. The summed E-state index contributed by atoms with van der Waals surface area (Å²) in [4.78, 5) is 16.5. The zero-order chi connectivity index (χ0) is 18.5. The minimum atomic E-state index is -1.28. The first-order valence-corrected chi connectivity index (χ1v) is 8.22. The number of anilines is 1. The van der Waals surface area contributed by atoms with Crippen molar-refractivity contribution in [1.82, 2.24) is 4.98 Å². The fourth-order valence-corrected chi connectivity index (χ4v) is 2.64. The van der Waals surface area contributed by atoms with Crippen molar-refractivity contribution < 1.29 is 14.6 Å². The molecule has 1 heterocycles. The van der Waals surface area contributed by atoms with E-state index in [0.717, 1.165) is 16.7 Å². The summed E-state index contributed by atoms with van der Waals surface area (Å²) in [5, 5.41) is 13.2. The van der Waals surface area contributed by atoms with Gasteiger partial charge < -0.3 is 15.2 Å². The molecule has 3 aromatic rings. The molecule has 0 radical (unpaired) electrons. The van der Waals surface area contributed by atoms with Gasteiger partial charge in [-0.1, -0.05) is 24.3 Å². The van der Waals surface area contributed by atoms with Crippen molar-refractivity contribution in [3.63, 3.8) is 0 Å². The summed E-state index contributed by atoms with van der Waals surface area (Å²) in [6.07, 6.45) is 2.16. The highest BCUT2D eigenvalue weighted by Crippen LogP contribution is 2.26. The molecule has 0 bridgehead atoms. The SMILES string of the molecule is COc1cccc(C(O)C(=O)Nc2cc(-c3ccncc3)ccc2C)c1. The number of aryl methyl sites for hydroxylation is 1. The van der Waals surface area contributed by atoms with E-state index in [0.29, 0.717) is 17.0 Å². The van der Waals surface area contributed by atoms with Gasteiger partial charge in [-0.15, -0.1) is 0 Å². The second-order valence-electron chi connectivity index (χ2n) is 5.93. The third-order valence-corrected chi connectivity index (χ3v) is 4.17. The number of carbonyl (C=O) groups is 1. The molecule has 5 heteroatoms. The van der Waals surface area contributed by atoms with Gasteiger partial charge in [-0.2, -0.15) is 0 Å². The third kappa shape index (κ3) is 3.90. The number of pyridine rings is 1. The van der Waals surface area contributed by atoms with E-state index in [-0.39, 0.29) is 0 Å². The lowest BCUT2D eigenvalue weighted by molar-refractivity contribution is -0.124. The van der Waals surface area contributed by atoms with Crippen molar-refractivity contribution in [2.24, 2.45) is 0 Å². The molecule has 1 amide bonds. The van der Waals surface area contributed by atoms with Gasteiger partial charge in [-0.25, -0.2) is 0 Å². The Balaban J connectivity index is 1.82. The molecule has 0 saturated heterocycles. The number of nitrogens with one attached hydrogen (secondary N) is 1. The number of amides is 1. The second kappa shape index (κ2) is 7.80. The molecule has 26 heavy (non-hydrogen) atoms. The maximum atomic E-state index is 12.5. The quantitative estimate of drug-likeness (QED) is 0.737. The summed E-state index contributed by atoms with van der Waals surface area (Å²) in [6.45, 7) is 1.91. The molecule has 2 N–H and O–H groups in total. The number of hydrogen-bond acceptors (Lipinski definition) is 4. The number of hydrogen-bond donors (Lipinski definition) is 2. The van der Waals surface area contributed by atoms with Crippen LogP contribution in [0.4, 0.5) is 5.69 Å². The Morgan fingerprint density at radius 3 is 2.58 bits per heavy atom. The summed E-state index contributed by atoms with van der Waals surface area (Å²) in [5.74, 6) is 0.0958. The molecule has 1 atom stereocenters. The first-order chi connectivity index (χ1) is 12.6. The third-order valence-electron chi connectivity index (χ3n) is 4.17. The van der Waals surface area contributed by atoms with E-state index in [1.54, 1.807) is 43.8 Å². The molecule has 0 saturated carbocycles. The van der Waals surface area contributed by atoms with Crippen molar-refractivity contribution in [2.45, 2.75) is 13.0 Å². The maximum Gasteiger partial charge on any atom is 0.257 e. The van der Waals surface area contributed by atoms with Gasteiger partial charge in [-0.05, 0) is 59.5 Å². The first-order valence-electron chi connectivity index (χ1n) is 8.22. The van der Waals surface area contributed by atoms with E-state index in [9.17, 15) is 9.90 Å². The first kappa shape index (κ1) is 17.6. The zero-order valence-electron chi connectivity index (χ0n) is 14.6. The van der Waals surface area contributed by atoms with Gasteiger partial charge in [-0.3, -0.25) is 9.78 Å². The average Bonchev–Trinajstić information content (AvgIpc) is 2.69. The van der Waals surface area contributed by atoms with Crippen LogP contribution in [-0.4, -0.2) is 23.1 Å². The highest BCUT2D eigenvalue weighted by molar-refractivity contribution is 5.96. The summed E-state index contributed by atoms with van der Waals surface area (Å²) in [5.41, 5.74) is 4.01. The van der Waals surface area contributed by atoms with Crippen LogP contribution >= 0.6 is 0 Å². The minimum Gasteiger partial charge on any atom is -0.497 e. The molecule has 1 unspecified atom stereocenters. The van der Waals surface area contributed by atoms with Gasteiger partial charge in [0, 0.05) is 18.1 Å². The van der Waals surface area contributed by atoms with Crippen molar-refractivity contribution >= 4 is 11.6 Å². The van der Waals surface area contributed by atoms with Crippen LogP contribution in [0.5, 0.6) is 5.75 Å². The number of aliphatic hydroxyl groups excluding tert-OH is 1. The maximum absolute atomic E-state index is 12.5. The van der Waals surface area contributed by atoms with Crippen LogP contribution in [0, 0.1) is 6.92 Å². The molecule has 2 aromatic carbocycles. The molecule has 1 aromatic heterocycles. The summed E-state index contributed by atoms with van der Waals surface area (Å²) < 4.78 is 5.14. The lowest BCUT2D eigenvalue weighted by Gasteiger charge is -2.15. The largest absolute Gasteiger partial charge is 0.497 e. The van der Waals surface area contributed by atoms with Crippen LogP contribution in [0.1, 0.15) is 17.2 Å². The fourth-order valence-electron chi connectivity index (χ4n) is 2.64. The van der Waals surface area contributed by atoms with E-state index >= 15 is 0 Å². The number of aliphatic hydroxyl groups is 1. The molecular formula is C21H20N2O3. The summed E-state index contributed by atoms with van der Waals surface area (Å²) in [6, 6.07) is 16.4. The second-order valence-corrected chi connectivity index (χ2v) is 5.93. The van der Waals surface area contributed by atoms with Crippen LogP contribution in [0.2, 0.25) is 0 Å². The Bertz CT molecular complexity index is 910. The normalized spacial score (nSPS) is 11.7. The Labute approximate surface area is 152 Å². The molecule has 0 aliphatic heterocycles. The highest BCUT2D eigenvalue weighted by atomic mass is 16.5. The van der Waals surface area contributed by atoms with Gasteiger partial charge in [0.15, 0.2) is 6.10 Å². The van der Waals surface area contributed by atoms with Crippen molar-refractivity contribution in [3.8, 4) is 16.9 Å². The molecule has 3 rings (SSSR count). The van der Waals surface area contributed by atoms with E-state index < -0.39 is 12.0 Å². The lowest BCUT2D eigenvalue weighted by Crippen LogP contribution is -2.21. The number of methoxy groups -OCH3 is 1. The smallest absolute Gasteiger partial charge is 0.257 e. The van der Waals surface area contributed by atoms with Crippen molar-refractivity contribution in [3.05, 3.63) is 78.1 Å². The molecule has 0 aliphatic carbocycles. The Hall–Kier alpha value is -3.18. The predicted molar refractivity (Wildman–Crippen MR) is 101 cm³/mol. The number of rotatable bonds is 5. The number of nitrogens with zero attached hydrogens (tertiary/aromatic N) is 1. The summed E-state index contributed by atoms with van der Waals surface area (Å²) >= 11 is 0. The van der Waals surface area contributed by atoms with E-state index in [1.807, 2.05) is 37.3 Å². The van der Waals surface area contributed by atoms with Crippen LogP contribution < -0.4 is 10.1 Å². The van der Waals surface area contributed by atoms with Crippen LogP contribution in [0.15, 0.2) is 67.0 Å². The molecule has 132 valence electrons. The number of carbonyl (C=O) groups excluding carboxylic acids is 1. The van der Waals surface area contributed by atoms with Gasteiger partial charge in [0.05, 0.1) is 7.11 Å². The van der Waals surface area contributed by atoms with E-state index in [2.05, 4.69) is 10.3 Å². The number of ether oxygens (including phenoxy) is 1. The fraction of sp³-hybridized carbons (Fsp3) is 0.143. The van der Waals surface area contributed by atoms with E-state index in [4.69, 9.17) is 4.74 Å². The van der Waals surface area contributed by atoms with Crippen LogP contribution in [0.3, 0.4) is 0 Å². The molecule has 0 aliphatic rings. The Morgan fingerprint density at radius 2 is 1.85 bits per heavy atom. The van der Waals surface area contributed by atoms with E-state index in [1.165, 1.54) is 0 Å². The minimum absolute atomic E-state index is 0.477. The van der Waals surface area contributed by atoms with Gasteiger partial charge >= 0.3 is 0 Å². The Kier molecular flexibility index (Phi) is 5.29. The molecular weight excluding hydrogens is 328 g/mol. The van der Waals surface area contributed by atoms with Crippen LogP contribution in [-0.2, 0) is 4.79 Å². The van der Waals surface area contributed by atoms with Gasteiger partial charge in [0.1, 0.15) is 5.75 Å². The predicted octanol–water partition coefficient (Wildman–Crippen LogP) is 3.74. The average molecular weight is 348 g/mol. The number of benzene rings is 2. The topological polar surface area (TPSA) is 71.5 Å². The molecule has 0 spiro atoms. The highest BCUT2D eigenvalue weighted by Gasteiger charge is 2.19. The monoisotopic (exact) mass is 348 g/mol. The van der Waals surface area contributed by atoms with Crippen molar-refractivity contribution in [1.29, 1.82) is 0 Å². The standard InChI is InChI=1S/C21H20N2O3/c1-14-6-7-16(15-8-10-22-11-9-15)13-19(14)23-21(25)20(24)17-4-3-5-18(12-17)26-2/h3-13,20,24H,1-2H3,(H,23,25). The number of aromatic nitrogens is 1. The van der Waals surface area contributed by atoms with Crippen molar-refractivity contribution in [2.75, 3.05) is 12.4 Å². The van der Waals surface area contributed by atoms with Crippen LogP contribution in [0.25, 0.3) is 11.1 Å². The lowest BCUT2D eigenvalue weighted by atomic mass is 10.0. The van der Waals surface area contributed by atoms with Gasteiger partial charge in [0.2, 0.25) is 0 Å². The van der Waals surface area contributed by atoms with Gasteiger partial charge in [0.25, 0.3) is 5.91 Å².